The fourth-order valence-corrected chi connectivity index (χ4v) is 3.26. The third-order valence-corrected chi connectivity index (χ3v) is 4.60. The smallest absolute Gasteiger partial charge is 0.241 e. The fourth-order valence-electron chi connectivity index (χ4n) is 3.26. The highest BCUT2D eigenvalue weighted by Crippen LogP contribution is 2.25. The number of aromatic nitrogens is 3. The molecule has 1 amide bonds. The van der Waals surface area contributed by atoms with Gasteiger partial charge >= 0.3 is 0 Å². The van der Waals surface area contributed by atoms with Crippen LogP contribution in [0, 0.1) is 0 Å². The molecule has 26 heavy (non-hydrogen) atoms. The molecule has 7 nitrogen and oxygen atoms in total. The molecule has 1 atom stereocenters. The van der Waals surface area contributed by atoms with Crippen molar-refractivity contribution >= 4 is 5.91 Å². The zero-order valence-electron chi connectivity index (χ0n) is 14.4. The van der Waals surface area contributed by atoms with E-state index in [1.807, 2.05) is 30.3 Å². The first-order chi connectivity index (χ1) is 12.7. The van der Waals surface area contributed by atoms with E-state index in [-0.39, 0.29) is 11.9 Å². The van der Waals surface area contributed by atoms with Crippen molar-refractivity contribution in [1.82, 2.24) is 25.3 Å². The average Bonchev–Trinajstić information content (AvgIpc) is 3.16. The Balaban J connectivity index is 1.58. The van der Waals surface area contributed by atoms with Gasteiger partial charge in [-0.2, -0.15) is 4.98 Å². The minimum atomic E-state index is -0.264. The molecule has 2 aromatic heterocycles. The summed E-state index contributed by atoms with van der Waals surface area (Å²) in [4.78, 5) is 23.1. The van der Waals surface area contributed by atoms with Gasteiger partial charge in [0.1, 0.15) is 5.69 Å². The lowest BCUT2D eigenvalue weighted by Crippen LogP contribution is -2.49. The SMILES string of the molecule is CNC(=O)[C@H]1Cc2ccccc2CN1Cc1nc(-c2ccccn2)no1. The fraction of sp³-hybridized carbons (Fsp3) is 0.263. The number of amides is 1. The van der Waals surface area contributed by atoms with Crippen LogP contribution < -0.4 is 5.32 Å². The first-order valence-electron chi connectivity index (χ1n) is 8.51. The first-order valence-corrected chi connectivity index (χ1v) is 8.51. The maximum absolute atomic E-state index is 12.4. The standard InChI is InChI=1S/C19H19N5O2/c1-20-19(25)16-10-13-6-2-3-7-14(13)11-24(16)12-17-22-18(23-26-17)15-8-4-5-9-21-15/h2-9,16H,10-12H2,1H3,(H,20,25)/t16-/m1/s1. The van der Waals surface area contributed by atoms with Gasteiger partial charge in [0, 0.05) is 19.8 Å². The molecule has 1 aliphatic heterocycles. The van der Waals surface area contributed by atoms with Gasteiger partial charge in [-0.25, -0.2) is 0 Å². The molecule has 0 radical (unpaired) electrons. The van der Waals surface area contributed by atoms with Crippen LogP contribution in [0.2, 0.25) is 0 Å². The summed E-state index contributed by atoms with van der Waals surface area (Å²) < 4.78 is 5.40. The summed E-state index contributed by atoms with van der Waals surface area (Å²) in [5, 5.41) is 6.77. The monoisotopic (exact) mass is 349 g/mol. The minimum Gasteiger partial charge on any atom is -0.358 e. The van der Waals surface area contributed by atoms with E-state index in [2.05, 4.69) is 37.5 Å². The molecule has 3 aromatic rings. The van der Waals surface area contributed by atoms with Crippen molar-refractivity contribution in [1.29, 1.82) is 0 Å². The molecule has 0 saturated carbocycles. The summed E-state index contributed by atoms with van der Waals surface area (Å²) in [6.45, 7) is 1.07. The molecule has 1 N–H and O–H groups in total. The predicted molar refractivity (Wildman–Crippen MR) is 94.8 cm³/mol. The second-order valence-electron chi connectivity index (χ2n) is 6.23. The van der Waals surface area contributed by atoms with Crippen LogP contribution in [0.3, 0.4) is 0 Å². The maximum atomic E-state index is 12.4. The summed E-state index contributed by atoms with van der Waals surface area (Å²) in [6.07, 6.45) is 2.35. The third-order valence-electron chi connectivity index (χ3n) is 4.60. The summed E-state index contributed by atoms with van der Waals surface area (Å²) in [5.74, 6) is 0.914. The lowest BCUT2D eigenvalue weighted by molar-refractivity contribution is -0.126. The molecule has 3 heterocycles. The van der Waals surface area contributed by atoms with E-state index in [4.69, 9.17) is 4.52 Å². The van der Waals surface area contributed by atoms with Crippen LogP contribution in [0.1, 0.15) is 17.0 Å². The summed E-state index contributed by atoms with van der Waals surface area (Å²) in [7, 11) is 1.66. The van der Waals surface area contributed by atoms with Gasteiger partial charge in [0.25, 0.3) is 0 Å². The predicted octanol–water partition coefficient (Wildman–Crippen LogP) is 1.80. The van der Waals surface area contributed by atoms with E-state index in [1.165, 1.54) is 11.1 Å². The van der Waals surface area contributed by atoms with Gasteiger partial charge in [-0.3, -0.25) is 14.7 Å². The number of hydrogen-bond acceptors (Lipinski definition) is 6. The van der Waals surface area contributed by atoms with Gasteiger partial charge in [0.2, 0.25) is 17.6 Å². The Kier molecular flexibility index (Phi) is 4.45. The summed E-state index contributed by atoms with van der Waals surface area (Å²) in [6, 6.07) is 13.5. The first kappa shape index (κ1) is 16.4. The van der Waals surface area contributed by atoms with E-state index < -0.39 is 0 Å². The molecule has 132 valence electrons. The van der Waals surface area contributed by atoms with Gasteiger partial charge in [0.05, 0.1) is 12.6 Å². The summed E-state index contributed by atoms with van der Waals surface area (Å²) in [5.41, 5.74) is 3.09. The number of nitrogens with zero attached hydrogens (tertiary/aromatic N) is 4. The zero-order valence-corrected chi connectivity index (χ0v) is 14.4. The van der Waals surface area contributed by atoms with Gasteiger partial charge in [-0.05, 0) is 29.7 Å². The molecule has 0 bridgehead atoms. The van der Waals surface area contributed by atoms with Gasteiger partial charge in [0.15, 0.2) is 0 Å². The van der Waals surface area contributed by atoms with E-state index in [9.17, 15) is 4.79 Å². The van der Waals surface area contributed by atoms with Crippen LogP contribution in [0.15, 0.2) is 53.2 Å². The molecule has 0 saturated heterocycles. The van der Waals surface area contributed by atoms with Gasteiger partial charge < -0.3 is 9.84 Å². The Morgan fingerprint density at radius 2 is 2.04 bits per heavy atom. The van der Waals surface area contributed by atoms with Crippen LogP contribution in [0.5, 0.6) is 0 Å². The summed E-state index contributed by atoms with van der Waals surface area (Å²) >= 11 is 0. The highest BCUT2D eigenvalue weighted by atomic mass is 16.5. The van der Waals surface area contributed by atoms with Crippen molar-refractivity contribution in [2.75, 3.05) is 7.05 Å². The number of benzene rings is 1. The molecule has 0 spiro atoms. The Labute approximate surface area is 151 Å². The number of carbonyl (C=O) groups is 1. The van der Waals surface area contributed by atoms with Crippen molar-refractivity contribution < 1.29 is 9.32 Å². The molecule has 0 fully saturated rings. The lowest BCUT2D eigenvalue weighted by Gasteiger charge is -2.34. The number of likely N-dealkylation sites (N-methyl/N-ethyl adjacent to an activating group) is 1. The van der Waals surface area contributed by atoms with Crippen LogP contribution in [-0.4, -0.2) is 39.0 Å². The van der Waals surface area contributed by atoms with Crippen LogP contribution in [0.4, 0.5) is 0 Å². The van der Waals surface area contributed by atoms with Crippen molar-refractivity contribution in [3.8, 4) is 11.5 Å². The van der Waals surface area contributed by atoms with Crippen molar-refractivity contribution in [2.24, 2.45) is 0 Å². The molecule has 0 unspecified atom stereocenters. The number of hydrogen-bond donors (Lipinski definition) is 1. The van der Waals surface area contributed by atoms with E-state index in [0.717, 1.165) is 0 Å². The maximum Gasteiger partial charge on any atom is 0.241 e. The highest BCUT2D eigenvalue weighted by Gasteiger charge is 2.32. The van der Waals surface area contributed by atoms with Gasteiger partial charge in [-0.15, -0.1) is 0 Å². The number of nitrogens with one attached hydrogen (secondary N) is 1. The zero-order chi connectivity index (χ0) is 17.9. The number of fused-ring (bicyclic) bond motifs is 1. The Morgan fingerprint density at radius 3 is 2.81 bits per heavy atom. The Bertz CT molecular complexity index is 909. The highest BCUT2D eigenvalue weighted by molar-refractivity contribution is 5.82. The Hall–Kier alpha value is -3.06. The molecular weight excluding hydrogens is 330 g/mol. The lowest BCUT2D eigenvalue weighted by atomic mass is 9.93. The number of pyridine rings is 1. The number of rotatable bonds is 4. The molecular formula is C19H19N5O2. The van der Waals surface area contributed by atoms with Crippen molar-refractivity contribution in [3.63, 3.8) is 0 Å². The second-order valence-corrected chi connectivity index (χ2v) is 6.23. The van der Waals surface area contributed by atoms with E-state index in [1.54, 1.807) is 13.2 Å². The average molecular weight is 349 g/mol. The third kappa shape index (κ3) is 3.21. The van der Waals surface area contributed by atoms with Crippen molar-refractivity contribution in [2.45, 2.75) is 25.6 Å². The second kappa shape index (κ2) is 7.05. The quantitative estimate of drug-likeness (QED) is 0.773. The molecule has 7 heteroatoms. The molecule has 4 rings (SSSR count). The van der Waals surface area contributed by atoms with Crippen LogP contribution >= 0.6 is 0 Å². The number of carbonyl (C=O) groups excluding carboxylic acids is 1. The Morgan fingerprint density at radius 1 is 1.23 bits per heavy atom. The molecule has 0 aliphatic carbocycles. The van der Waals surface area contributed by atoms with Crippen LogP contribution in [-0.2, 0) is 24.3 Å². The van der Waals surface area contributed by atoms with Crippen molar-refractivity contribution in [3.05, 3.63) is 65.7 Å². The molecule has 1 aromatic carbocycles. The minimum absolute atomic E-state index is 0.0102. The van der Waals surface area contributed by atoms with E-state index in [0.29, 0.717) is 36.9 Å². The van der Waals surface area contributed by atoms with Gasteiger partial charge in [-0.1, -0.05) is 35.5 Å². The van der Waals surface area contributed by atoms with E-state index >= 15 is 0 Å². The normalized spacial score (nSPS) is 16.9. The largest absolute Gasteiger partial charge is 0.358 e. The molecule has 1 aliphatic rings. The van der Waals surface area contributed by atoms with Crippen LogP contribution in [0.25, 0.3) is 11.5 Å². The topological polar surface area (TPSA) is 84.2 Å².